The quantitative estimate of drug-likeness (QED) is 0.402. The van der Waals surface area contributed by atoms with Crippen molar-refractivity contribution in [3.05, 3.63) is 95.8 Å². The third-order valence-corrected chi connectivity index (χ3v) is 5.22. The lowest BCUT2D eigenvalue weighted by Crippen LogP contribution is -2.06. The molecule has 0 aliphatic carbocycles. The van der Waals surface area contributed by atoms with Crippen LogP contribution in [0.25, 0.3) is 27.5 Å². The number of pyridine rings is 1. The fourth-order valence-electron chi connectivity index (χ4n) is 3.57. The standard InChI is InChI=1S/C24H19ClN4/c25-17-11-12-20-23(15-17)27-22(13-14-26-18-7-3-1-4-8-18)21-16-29(28-24(20)21)19-9-5-2-6-10-19/h1-12,15-16,26H,13-14H2. The first-order valence-electron chi connectivity index (χ1n) is 9.60. The molecule has 1 N–H and O–H groups in total. The van der Waals surface area contributed by atoms with Crippen molar-refractivity contribution in [1.29, 1.82) is 0 Å². The number of nitrogens with zero attached hydrogens (tertiary/aromatic N) is 3. The molecule has 142 valence electrons. The predicted octanol–water partition coefficient (Wildman–Crippen LogP) is 5.88. The topological polar surface area (TPSA) is 42.7 Å². The first-order chi connectivity index (χ1) is 14.3. The van der Waals surface area contributed by atoms with E-state index in [0.717, 1.165) is 51.8 Å². The molecule has 0 amide bonds. The number of fused-ring (bicyclic) bond motifs is 3. The Labute approximate surface area is 173 Å². The molecule has 0 radical (unpaired) electrons. The first-order valence-corrected chi connectivity index (χ1v) is 9.97. The van der Waals surface area contributed by atoms with Gasteiger partial charge in [0.25, 0.3) is 0 Å². The van der Waals surface area contributed by atoms with Crippen molar-refractivity contribution in [1.82, 2.24) is 14.8 Å². The highest BCUT2D eigenvalue weighted by atomic mass is 35.5. The summed E-state index contributed by atoms with van der Waals surface area (Å²) in [7, 11) is 0. The molecule has 0 fully saturated rings. The lowest BCUT2D eigenvalue weighted by molar-refractivity contribution is 0.897. The molecule has 0 aliphatic heterocycles. The van der Waals surface area contributed by atoms with Crippen LogP contribution in [0, 0.1) is 0 Å². The second-order valence-electron chi connectivity index (χ2n) is 6.93. The zero-order valence-corrected chi connectivity index (χ0v) is 16.5. The second kappa shape index (κ2) is 7.57. The minimum absolute atomic E-state index is 0.681. The monoisotopic (exact) mass is 398 g/mol. The number of rotatable bonds is 5. The van der Waals surface area contributed by atoms with Gasteiger partial charge in [0, 0.05) is 40.6 Å². The molecule has 2 heterocycles. The van der Waals surface area contributed by atoms with E-state index in [9.17, 15) is 0 Å². The van der Waals surface area contributed by atoms with Gasteiger partial charge in [0.2, 0.25) is 0 Å². The van der Waals surface area contributed by atoms with Crippen LogP contribution in [-0.4, -0.2) is 21.3 Å². The van der Waals surface area contributed by atoms with Crippen LogP contribution in [0.15, 0.2) is 85.1 Å². The molecule has 0 aliphatic rings. The normalized spacial score (nSPS) is 11.2. The van der Waals surface area contributed by atoms with Crippen molar-refractivity contribution >= 4 is 39.1 Å². The van der Waals surface area contributed by atoms with Crippen molar-refractivity contribution in [3.63, 3.8) is 0 Å². The third kappa shape index (κ3) is 3.55. The van der Waals surface area contributed by atoms with Gasteiger partial charge in [0.05, 0.1) is 16.9 Å². The van der Waals surface area contributed by atoms with E-state index in [-0.39, 0.29) is 0 Å². The highest BCUT2D eigenvalue weighted by Gasteiger charge is 2.13. The number of aromatic nitrogens is 3. The maximum absolute atomic E-state index is 6.23. The first kappa shape index (κ1) is 17.7. The van der Waals surface area contributed by atoms with Gasteiger partial charge in [0.15, 0.2) is 0 Å². The summed E-state index contributed by atoms with van der Waals surface area (Å²) in [5.74, 6) is 0. The van der Waals surface area contributed by atoms with Crippen molar-refractivity contribution in [2.75, 3.05) is 11.9 Å². The summed E-state index contributed by atoms with van der Waals surface area (Å²) in [5.41, 5.74) is 4.97. The van der Waals surface area contributed by atoms with Crippen LogP contribution < -0.4 is 5.32 Å². The van der Waals surface area contributed by atoms with Crippen molar-refractivity contribution < 1.29 is 0 Å². The minimum Gasteiger partial charge on any atom is -0.385 e. The van der Waals surface area contributed by atoms with E-state index in [2.05, 4.69) is 35.8 Å². The lowest BCUT2D eigenvalue weighted by Gasteiger charge is -2.08. The highest BCUT2D eigenvalue weighted by molar-refractivity contribution is 6.31. The number of para-hydroxylation sites is 2. The van der Waals surface area contributed by atoms with Gasteiger partial charge in [-0.3, -0.25) is 4.98 Å². The average molecular weight is 399 g/mol. The van der Waals surface area contributed by atoms with E-state index < -0.39 is 0 Å². The number of hydrogen-bond acceptors (Lipinski definition) is 3. The number of halogens is 1. The van der Waals surface area contributed by atoms with E-state index in [0.29, 0.717) is 5.02 Å². The summed E-state index contributed by atoms with van der Waals surface area (Å²) in [6, 6.07) is 26.1. The fraction of sp³-hybridized carbons (Fsp3) is 0.0833. The Morgan fingerprint density at radius 1 is 0.862 bits per heavy atom. The Balaban J connectivity index is 1.58. The third-order valence-electron chi connectivity index (χ3n) is 4.98. The molecule has 0 atom stereocenters. The molecule has 29 heavy (non-hydrogen) atoms. The summed E-state index contributed by atoms with van der Waals surface area (Å²) >= 11 is 6.23. The van der Waals surface area contributed by atoms with Gasteiger partial charge < -0.3 is 5.32 Å². The maximum atomic E-state index is 6.23. The number of benzene rings is 3. The van der Waals surface area contributed by atoms with Gasteiger partial charge in [-0.15, -0.1) is 0 Å². The van der Waals surface area contributed by atoms with Crippen molar-refractivity contribution in [3.8, 4) is 5.69 Å². The summed E-state index contributed by atoms with van der Waals surface area (Å²) < 4.78 is 1.93. The van der Waals surface area contributed by atoms with Crippen LogP contribution in [-0.2, 0) is 6.42 Å². The number of hydrogen-bond donors (Lipinski definition) is 1. The molecule has 5 aromatic rings. The molecular weight excluding hydrogens is 380 g/mol. The van der Waals surface area contributed by atoms with Gasteiger partial charge in [-0.05, 0) is 42.5 Å². The van der Waals surface area contributed by atoms with Crippen LogP contribution in [0.4, 0.5) is 5.69 Å². The molecule has 3 aromatic carbocycles. The van der Waals surface area contributed by atoms with Crippen LogP contribution >= 0.6 is 11.6 Å². The van der Waals surface area contributed by atoms with E-state index >= 15 is 0 Å². The van der Waals surface area contributed by atoms with Crippen LogP contribution in [0.1, 0.15) is 5.69 Å². The van der Waals surface area contributed by atoms with Crippen LogP contribution in [0.2, 0.25) is 5.02 Å². The van der Waals surface area contributed by atoms with Gasteiger partial charge in [-0.1, -0.05) is 48.0 Å². The minimum atomic E-state index is 0.681. The zero-order chi connectivity index (χ0) is 19.6. The Hall–Kier alpha value is -3.37. The molecule has 0 bridgehead atoms. The van der Waals surface area contributed by atoms with E-state index in [1.165, 1.54) is 0 Å². The summed E-state index contributed by atoms with van der Waals surface area (Å²) in [6.45, 7) is 0.786. The average Bonchev–Trinajstić information content (AvgIpc) is 3.21. The second-order valence-corrected chi connectivity index (χ2v) is 7.37. The van der Waals surface area contributed by atoms with Crippen LogP contribution in [0.3, 0.4) is 0 Å². The van der Waals surface area contributed by atoms with Crippen LogP contribution in [0.5, 0.6) is 0 Å². The predicted molar refractivity (Wildman–Crippen MR) is 120 cm³/mol. The molecular formula is C24H19ClN4. The maximum Gasteiger partial charge on any atom is 0.104 e. The van der Waals surface area contributed by atoms with E-state index in [1.54, 1.807) is 0 Å². The SMILES string of the molecule is Clc1ccc2c(c1)nc(CCNc1ccccc1)c1cn(-c3ccccc3)nc12. The Morgan fingerprint density at radius 3 is 2.41 bits per heavy atom. The summed E-state index contributed by atoms with van der Waals surface area (Å²) in [6.07, 6.45) is 2.86. The van der Waals surface area contributed by atoms with E-state index in [1.807, 2.05) is 59.3 Å². The fourth-order valence-corrected chi connectivity index (χ4v) is 3.74. The van der Waals surface area contributed by atoms with Crippen molar-refractivity contribution in [2.45, 2.75) is 6.42 Å². The summed E-state index contributed by atoms with van der Waals surface area (Å²) in [4.78, 5) is 4.92. The Bertz CT molecular complexity index is 1280. The van der Waals surface area contributed by atoms with Gasteiger partial charge >= 0.3 is 0 Å². The molecule has 2 aromatic heterocycles. The molecule has 0 spiro atoms. The molecule has 0 saturated carbocycles. The Kier molecular flexibility index (Phi) is 4.62. The molecule has 0 saturated heterocycles. The Morgan fingerprint density at radius 2 is 1.62 bits per heavy atom. The van der Waals surface area contributed by atoms with Gasteiger partial charge in [-0.2, -0.15) is 5.10 Å². The van der Waals surface area contributed by atoms with Gasteiger partial charge in [-0.25, -0.2) is 4.68 Å². The molecule has 0 unspecified atom stereocenters. The largest absolute Gasteiger partial charge is 0.385 e. The van der Waals surface area contributed by atoms with Gasteiger partial charge in [0.1, 0.15) is 5.52 Å². The smallest absolute Gasteiger partial charge is 0.104 e. The molecule has 4 nitrogen and oxygen atoms in total. The highest BCUT2D eigenvalue weighted by Crippen LogP contribution is 2.28. The number of nitrogens with one attached hydrogen (secondary N) is 1. The molecule has 5 rings (SSSR count). The molecule has 5 heteroatoms. The lowest BCUT2D eigenvalue weighted by atomic mass is 10.1. The van der Waals surface area contributed by atoms with Crippen molar-refractivity contribution in [2.24, 2.45) is 0 Å². The number of anilines is 1. The zero-order valence-electron chi connectivity index (χ0n) is 15.7. The summed E-state index contributed by atoms with van der Waals surface area (Å²) in [5, 5.41) is 11.1. The van der Waals surface area contributed by atoms with E-state index in [4.69, 9.17) is 21.7 Å².